The molecule has 0 aliphatic rings. The molecule has 0 radical (unpaired) electrons. The summed E-state index contributed by atoms with van der Waals surface area (Å²) in [6.45, 7) is 3.40. The van der Waals surface area contributed by atoms with Gasteiger partial charge in [-0.3, -0.25) is 0 Å². The number of nitrogens with two attached hydrogens (primary N) is 1. The van der Waals surface area contributed by atoms with Crippen molar-refractivity contribution in [3.8, 4) is 5.75 Å². The Labute approximate surface area is 106 Å². The quantitative estimate of drug-likeness (QED) is 0.847. The van der Waals surface area contributed by atoms with E-state index in [1.54, 1.807) is 0 Å². The first-order valence-corrected chi connectivity index (χ1v) is 6.25. The number of ether oxygens (including phenoxy) is 1. The Hall–Kier alpha value is -1.61. The van der Waals surface area contributed by atoms with Crippen molar-refractivity contribution in [1.29, 1.82) is 0 Å². The average molecular weight is 299 g/mol. The SMILES string of the molecule is C=Cc1ccc(OC(F)(F)C(F)(F)S(N)(=O)=O)cc1. The summed E-state index contributed by atoms with van der Waals surface area (Å²) in [7, 11) is -5.82. The molecule has 19 heavy (non-hydrogen) atoms. The van der Waals surface area contributed by atoms with Crippen LogP contribution in [-0.4, -0.2) is 19.8 Å². The lowest BCUT2D eigenvalue weighted by molar-refractivity contribution is -0.272. The predicted octanol–water partition coefficient (Wildman–Crippen LogP) is 2.18. The molecule has 1 aromatic rings. The summed E-state index contributed by atoms with van der Waals surface area (Å²) in [5, 5.41) is -1.50. The molecule has 106 valence electrons. The monoisotopic (exact) mass is 299 g/mol. The molecule has 0 saturated carbocycles. The van der Waals surface area contributed by atoms with Crippen LogP contribution >= 0.6 is 0 Å². The van der Waals surface area contributed by atoms with Crippen LogP contribution in [0.25, 0.3) is 6.08 Å². The van der Waals surface area contributed by atoms with Gasteiger partial charge < -0.3 is 4.74 Å². The summed E-state index contributed by atoms with van der Waals surface area (Å²) in [5.41, 5.74) is 0.536. The van der Waals surface area contributed by atoms with Crippen LogP contribution in [0.2, 0.25) is 0 Å². The van der Waals surface area contributed by atoms with Gasteiger partial charge in [-0.15, -0.1) is 0 Å². The van der Waals surface area contributed by atoms with Crippen molar-refractivity contribution in [2.75, 3.05) is 0 Å². The van der Waals surface area contributed by atoms with Crippen molar-refractivity contribution < 1.29 is 30.7 Å². The highest BCUT2D eigenvalue weighted by atomic mass is 32.2. The molecule has 0 aliphatic heterocycles. The van der Waals surface area contributed by atoms with Gasteiger partial charge in [-0.05, 0) is 17.7 Å². The van der Waals surface area contributed by atoms with Crippen molar-refractivity contribution >= 4 is 16.1 Å². The maximum atomic E-state index is 13.1. The van der Waals surface area contributed by atoms with Crippen LogP contribution in [0, 0.1) is 0 Å². The summed E-state index contributed by atoms with van der Waals surface area (Å²) in [4.78, 5) is 0. The molecule has 0 fully saturated rings. The number of alkyl halides is 4. The fourth-order valence-electron chi connectivity index (χ4n) is 1.04. The summed E-state index contributed by atoms with van der Waals surface area (Å²) < 4.78 is 76.7. The van der Waals surface area contributed by atoms with Crippen molar-refractivity contribution in [2.24, 2.45) is 5.14 Å². The Morgan fingerprint density at radius 2 is 1.63 bits per heavy atom. The van der Waals surface area contributed by atoms with E-state index in [4.69, 9.17) is 0 Å². The summed E-state index contributed by atoms with van der Waals surface area (Å²) in [5.74, 6) is -0.640. The summed E-state index contributed by atoms with van der Waals surface area (Å²) in [6, 6.07) is 4.47. The zero-order chi connectivity index (χ0) is 14.9. The molecular formula is C10H9F4NO3S. The number of hydrogen-bond acceptors (Lipinski definition) is 3. The fraction of sp³-hybridized carbons (Fsp3) is 0.200. The largest absolute Gasteiger partial charge is 0.482 e. The smallest absolute Gasteiger partial charge is 0.427 e. The van der Waals surface area contributed by atoms with E-state index < -0.39 is 27.1 Å². The minimum Gasteiger partial charge on any atom is -0.427 e. The second-order valence-electron chi connectivity index (χ2n) is 3.45. The first-order chi connectivity index (χ1) is 8.51. The zero-order valence-electron chi connectivity index (χ0n) is 9.32. The molecule has 9 heteroatoms. The van der Waals surface area contributed by atoms with E-state index in [9.17, 15) is 26.0 Å². The van der Waals surface area contributed by atoms with E-state index >= 15 is 0 Å². The van der Waals surface area contributed by atoms with Gasteiger partial charge in [0.15, 0.2) is 0 Å². The van der Waals surface area contributed by atoms with Gasteiger partial charge in [0.05, 0.1) is 0 Å². The lowest BCUT2D eigenvalue weighted by atomic mass is 10.2. The van der Waals surface area contributed by atoms with Gasteiger partial charge in [-0.1, -0.05) is 24.8 Å². The van der Waals surface area contributed by atoms with E-state index in [1.165, 1.54) is 18.2 Å². The van der Waals surface area contributed by atoms with Crippen LogP contribution in [-0.2, 0) is 10.0 Å². The number of hydrogen-bond donors (Lipinski definition) is 1. The molecule has 0 amide bonds. The van der Waals surface area contributed by atoms with E-state index in [0.717, 1.165) is 12.1 Å². The first kappa shape index (κ1) is 15.4. The van der Waals surface area contributed by atoms with Crippen LogP contribution in [0.4, 0.5) is 17.6 Å². The first-order valence-electron chi connectivity index (χ1n) is 4.71. The van der Waals surface area contributed by atoms with Crippen molar-refractivity contribution in [1.82, 2.24) is 0 Å². The molecule has 0 atom stereocenters. The topological polar surface area (TPSA) is 69.4 Å². The molecule has 1 aromatic carbocycles. The lowest BCUT2D eigenvalue weighted by Crippen LogP contribution is -2.53. The maximum Gasteiger partial charge on any atom is 0.482 e. The molecule has 0 aliphatic carbocycles. The third-order valence-corrected chi connectivity index (χ3v) is 3.01. The third kappa shape index (κ3) is 3.04. The maximum absolute atomic E-state index is 13.1. The van der Waals surface area contributed by atoms with Crippen LogP contribution in [0.1, 0.15) is 5.56 Å². The van der Waals surface area contributed by atoms with Gasteiger partial charge in [0.2, 0.25) is 0 Å². The lowest BCUT2D eigenvalue weighted by Gasteiger charge is -2.24. The molecule has 1 rings (SSSR count). The molecule has 0 unspecified atom stereocenters. The number of sulfonamides is 1. The van der Waals surface area contributed by atoms with Gasteiger partial charge in [-0.2, -0.15) is 17.6 Å². The highest BCUT2D eigenvalue weighted by Crippen LogP contribution is 2.39. The van der Waals surface area contributed by atoms with Crippen LogP contribution in [0.15, 0.2) is 30.8 Å². The third-order valence-electron chi connectivity index (χ3n) is 2.06. The van der Waals surface area contributed by atoms with E-state index in [-0.39, 0.29) is 0 Å². The summed E-state index contributed by atoms with van der Waals surface area (Å²) in [6.07, 6.45) is -3.91. The zero-order valence-corrected chi connectivity index (χ0v) is 10.1. The van der Waals surface area contributed by atoms with Gasteiger partial charge in [0.25, 0.3) is 10.0 Å². The van der Waals surface area contributed by atoms with Gasteiger partial charge >= 0.3 is 11.4 Å². The normalized spacial score (nSPS) is 13.1. The number of halogens is 4. The van der Waals surface area contributed by atoms with Crippen molar-refractivity contribution in [2.45, 2.75) is 11.4 Å². The van der Waals surface area contributed by atoms with Gasteiger partial charge in [0, 0.05) is 0 Å². The second-order valence-corrected chi connectivity index (χ2v) is 5.06. The Bertz CT molecular complexity index is 569. The van der Waals surface area contributed by atoms with E-state index in [2.05, 4.69) is 16.5 Å². The highest BCUT2D eigenvalue weighted by Gasteiger charge is 2.67. The second kappa shape index (κ2) is 4.82. The Morgan fingerprint density at radius 3 is 2.00 bits per heavy atom. The van der Waals surface area contributed by atoms with Crippen LogP contribution in [0.3, 0.4) is 0 Å². The molecule has 0 aromatic heterocycles. The Balaban J connectivity index is 3.05. The predicted molar refractivity (Wildman–Crippen MR) is 60.2 cm³/mol. The number of benzene rings is 1. The molecule has 2 N–H and O–H groups in total. The van der Waals surface area contributed by atoms with Crippen LogP contribution < -0.4 is 9.88 Å². The molecule has 0 saturated heterocycles. The Kier molecular flexibility index (Phi) is 3.92. The average Bonchev–Trinajstić information content (AvgIpc) is 2.28. The summed E-state index contributed by atoms with van der Waals surface area (Å²) >= 11 is 0. The minimum atomic E-state index is -5.82. The minimum absolute atomic E-state index is 0.536. The highest BCUT2D eigenvalue weighted by molar-refractivity contribution is 7.90. The molecule has 0 bridgehead atoms. The van der Waals surface area contributed by atoms with Gasteiger partial charge in [-0.25, -0.2) is 13.6 Å². The fourth-order valence-corrected chi connectivity index (χ4v) is 1.42. The molecular weight excluding hydrogens is 290 g/mol. The number of rotatable bonds is 5. The van der Waals surface area contributed by atoms with Crippen molar-refractivity contribution in [3.63, 3.8) is 0 Å². The van der Waals surface area contributed by atoms with Crippen molar-refractivity contribution in [3.05, 3.63) is 36.4 Å². The standard InChI is InChI=1S/C10H9F4NO3S/c1-2-7-3-5-8(6-4-7)18-9(11,12)10(13,14)19(15,16)17/h2-6H,1H2,(H2,15,16,17). The molecule has 0 spiro atoms. The Morgan fingerprint density at radius 1 is 1.16 bits per heavy atom. The van der Waals surface area contributed by atoms with Crippen LogP contribution in [0.5, 0.6) is 5.75 Å². The molecule has 4 nitrogen and oxygen atoms in total. The van der Waals surface area contributed by atoms with Gasteiger partial charge in [0.1, 0.15) is 5.75 Å². The van der Waals surface area contributed by atoms with E-state index in [1.807, 2.05) is 0 Å². The number of primary sulfonamides is 1. The van der Waals surface area contributed by atoms with E-state index in [0.29, 0.717) is 5.56 Å². The molecule has 0 heterocycles.